The van der Waals surface area contributed by atoms with Crippen molar-refractivity contribution in [2.75, 3.05) is 13.1 Å². The molecule has 0 spiro atoms. The Kier molecular flexibility index (Phi) is 1.75. The van der Waals surface area contributed by atoms with Gasteiger partial charge in [0.15, 0.2) is 0 Å². The lowest BCUT2D eigenvalue weighted by Crippen LogP contribution is -2.38. The summed E-state index contributed by atoms with van der Waals surface area (Å²) in [6.45, 7) is 1.37. The first-order valence-corrected chi connectivity index (χ1v) is 3.21. The minimum Gasteiger partial charge on any atom is -0.329 e. The second-order valence-electron chi connectivity index (χ2n) is 2.54. The van der Waals surface area contributed by atoms with E-state index in [1.807, 2.05) is 0 Å². The summed E-state index contributed by atoms with van der Waals surface area (Å²) in [5.74, 6) is 2.53. The molecule has 0 bridgehead atoms. The molecule has 1 aliphatic rings. The molecule has 9 heavy (non-hydrogen) atoms. The summed E-state index contributed by atoms with van der Waals surface area (Å²) in [5.41, 5.74) is 5.71. The van der Waals surface area contributed by atoms with Crippen molar-refractivity contribution in [2.45, 2.75) is 18.4 Å². The van der Waals surface area contributed by atoms with Crippen molar-refractivity contribution in [3.63, 3.8) is 0 Å². The Bertz CT molecular complexity index is 130. The van der Waals surface area contributed by atoms with Gasteiger partial charge in [-0.2, -0.15) is 0 Å². The van der Waals surface area contributed by atoms with Crippen LogP contribution in [0.5, 0.6) is 0 Å². The minimum absolute atomic E-state index is 0.229. The number of terminal acetylenes is 1. The molecular weight excluding hydrogens is 112 g/mol. The van der Waals surface area contributed by atoms with Gasteiger partial charge in [0.1, 0.15) is 0 Å². The summed E-state index contributed by atoms with van der Waals surface area (Å²) in [6, 6.07) is 0. The van der Waals surface area contributed by atoms with Crippen LogP contribution >= 0.6 is 0 Å². The first-order chi connectivity index (χ1) is 4.33. The molecule has 50 valence electrons. The predicted octanol–water partition coefficient (Wildman–Crippen LogP) is -0.300. The molecule has 0 atom stereocenters. The molecule has 0 aromatic rings. The normalized spacial score (nSPS) is 20.9. The summed E-state index contributed by atoms with van der Waals surface area (Å²) in [7, 11) is 0. The molecule has 0 unspecified atom stereocenters. The highest BCUT2D eigenvalue weighted by molar-refractivity contribution is 5.05. The zero-order chi connectivity index (χ0) is 6.74. The summed E-state index contributed by atoms with van der Waals surface area (Å²) in [5, 5.41) is 3.21. The van der Waals surface area contributed by atoms with E-state index in [0.717, 1.165) is 0 Å². The number of nitrogens with one attached hydrogen (secondary N) is 1. The Hall–Kier alpha value is -0.520. The van der Waals surface area contributed by atoms with Gasteiger partial charge in [0.05, 0.1) is 6.54 Å². The first kappa shape index (κ1) is 6.60. The van der Waals surface area contributed by atoms with Gasteiger partial charge < -0.3 is 5.73 Å². The SMILES string of the molecule is C#CCNC1(CN)CC1. The lowest BCUT2D eigenvalue weighted by Gasteiger charge is -2.10. The van der Waals surface area contributed by atoms with E-state index in [2.05, 4.69) is 11.2 Å². The van der Waals surface area contributed by atoms with Gasteiger partial charge in [0.2, 0.25) is 0 Å². The second-order valence-corrected chi connectivity index (χ2v) is 2.54. The topological polar surface area (TPSA) is 38.0 Å². The van der Waals surface area contributed by atoms with Crippen molar-refractivity contribution >= 4 is 0 Å². The van der Waals surface area contributed by atoms with E-state index in [1.165, 1.54) is 12.8 Å². The van der Waals surface area contributed by atoms with Crippen LogP contribution in [0.4, 0.5) is 0 Å². The highest BCUT2D eigenvalue weighted by atomic mass is 15.0. The lowest BCUT2D eigenvalue weighted by atomic mass is 10.3. The molecule has 0 heterocycles. The molecule has 0 amide bonds. The second kappa shape index (κ2) is 2.38. The maximum absolute atomic E-state index is 5.48. The largest absolute Gasteiger partial charge is 0.329 e. The van der Waals surface area contributed by atoms with Crippen molar-refractivity contribution < 1.29 is 0 Å². The quantitative estimate of drug-likeness (QED) is 0.507. The van der Waals surface area contributed by atoms with Crippen LogP contribution in [0.3, 0.4) is 0 Å². The van der Waals surface area contributed by atoms with E-state index >= 15 is 0 Å². The van der Waals surface area contributed by atoms with Crippen LogP contribution in [0.25, 0.3) is 0 Å². The van der Waals surface area contributed by atoms with E-state index in [-0.39, 0.29) is 5.54 Å². The van der Waals surface area contributed by atoms with E-state index < -0.39 is 0 Å². The van der Waals surface area contributed by atoms with Gasteiger partial charge in [0.25, 0.3) is 0 Å². The third-order valence-corrected chi connectivity index (χ3v) is 1.81. The zero-order valence-electron chi connectivity index (χ0n) is 5.48. The molecule has 1 saturated carbocycles. The average molecular weight is 124 g/mol. The summed E-state index contributed by atoms with van der Waals surface area (Å²) in [4.78, 5) is 0. The molecule has 0 aliphatic heterocycles. The fourth-order valence-corrected chi connectivity index (χ4v) is 0.842. The molecule has 2 heteroatoms. The summed E-state index contributed by atoms with van der Waals surface area (Å²) in [6.07, 6.45) is 7.44. The fraction of sp³-hybridized carbons (Fsp3) is 0.714. The van der Waals surface area contributed by atoms with Crippen LogP contribution < -0.4 is 11.1 Å². The molecule has 0 saturated heterocycles. The molecular formula is C7H12N2. The highest BCUT2D eigenvalue weighted by Crippen LogP contribution is 2.33. The van der Waals surface area contributed by atoms with Crippen molar-refractivity contribution in [3.05, 3.63) is 0 Å². The number of nitrogens with two attached hydrogens (primary N) is 1. The first-order valence-electron chi connectivity index (χ1n) is 3.21. The Labute approximate surface area is 55.8 Å². The Morgan fingerprint density at radius 2 is 2.33 bits per heavy atom. The molecule has 1 fully saturated rings. The molecule has 1 aliphatic carbocycles. The molecule has 1 rings (SSSR count). The van der Waals surface area contributed by atoms with Crippen LogP contribution in [0.2, 0.25) is 0 Å². The Balaban J connectivity index is 2.19. The van der Waals surface area contributed by atoms with Crippen molar-refractivity contribution in [1.82, 2.24) is 5.32 Å². The minimum atomic E-state index is 0.229. The highest BCUT2D eigenvalue weighted by Gasteiger charge is 2.40. The van der Waals surface area contributed by atoms with Crippen LogP contribution in [0, 0.1) is 12.3 Å². The standard InChI is InChI=1S/C7H12N2/c1-2-5-9-7(6-8)3-4-7/h1,9H,3-6,8H2. The van der Waals surface area contributed by atoms with Crippen LogP contribution in [-0.4, -0.2) is 18.6 Å². The van der Waals surface area contributed by atoms with Crippen molar-refractivity contribution in [1.29, 1.82) is 0 Å². The van der Waals surface area contributed by atoms with Gasteiger partial charge in [-0.15, -0.1) is 6.42 Å². The van der Waals surface area contributed by atoms with Gasteiger partial charge in [-0.3, -0.25) is 5.32 Å². The van der Waals surface area contributed by atoms with Crippen LogP contribution in [-0.2, 0) is 0 Å². The van der Waals surface area contributed by atoms with E-state index in [9.17, 15) is 0 Å². The maximum atomic E-state index is 5.48. The third-order valence-electron chi connectivity index (χ3n) is 1.81. The van der Waals surface area contributed by atoms with Gasteiger partial charge >= 0.3 is 0 Å². The predicted molar refractivity (Wildman–Crippen MR) is 37.9 cm³/mol. The van der Waals surface area contributed by atoms with Gasteiger partial charge in [0, 0.05) is 12.1 Å². The Morgan fingerprint density at radius 1 is 1.67 bits per heavy atom. The van der Waals surface area contributed by atoms with Gasteiger partial charge in [-0.1, -0.05) is 5.92 Å². The van der Waals surface area contributed by atoms with E-state index in [4.69, 9.17) is 12.2 Å². The zero-order valence-corrected chi connectivity index (χ0v) is 5.48. The third kappa shape index (κ3) is 1.44. The van der Waals surface area contributed by atoms with E-state index in [1.54, 1.807) is 0 Å². The van der Waals surface area contributed by atoms with Crippen molar-refractivity contribution in [2.24, 2.45) is 5.73 Å². The van der Waals surface area contributed by atoms with Crippen molar-refractivity contribution in [3.8, 4) is 12.3 Å². The van der Waals surface area contributed by atoms with Crippen LogP contribution in [0.1, 0.15) is 12.8 Å². The Morgan fingerprint density at radius 3 is 2.67 bits per heavy atom. The maximum Gasteiger partial charge on any atom is 0.0578 e. The number of hydrogen-bond donors (Lipinski definition) is 2. The van der Waals surface area contributed by atoms with Gasteiger partial charge in [-0.05, 0) is 12.8 Å². The summed E-state index contributed by atoms with van der Waals surface area (Å²) >= 11 is 0. The molecule has 0 radical (unpaired) electrons. The molecule has 0 aromatic carbocycles. The smallest absolute Gasteiger partial charge is 0.0578 e. The average Bonchev–Trinajstić information content (AvgIpc) is 2.65. The number of rotatable bonds is 3. The molecule has 0 aromatic heterocycles. The fourth-order valence-electron chi connectivity index (χ4n) is 0.842. The number of hydrogen-bond acceptors (Lipinski definition) is 2. The summed E-state index contributed by atoms with van der Waals surface area (Å²) < 4.78 is 0. The lowest BCUT2D eigenvalue weighted by molar-refractivity contribution is 0.541. The van der Waals surface area contributed by atoms with Crippen LogP contribution in [0.15, 0.2) is 0 Å². The van der Waals surface area contributed by atoms with E-state index in [0.29, 0.717) is 13.1 Å². The van der Waals surface area contributed by atoms with Gasteiger partial charge in [-0.25, -0.2) is 0 Å². The molecule has 2 nitrogen and oxygen atoms in total. The molecule has 3 N–H and O–H groups in total. The monoisotopic (exact) mass is 124 g/mol.